The lowest BCUT2D eigenvalue weighted by atomic mass is 9.96. The molecule has 112 valence electrons. The van der Waals surface area contributed by atoms with Gasteiger partial charge in [0.1, 0.15) is 0 Å². The van der Waals surface area contributed by atoms with Crippen LogP contribution < -0.4 is 5.73 Å². The number of aromatic nitrogens is 2. The molecule has 2 heterocycles. The summed E-state index contributed by atoms with van der Waals surface area (Å²) in [5, 5.41) is 4.78. The molecule has 5 heteroatoms. The molecule has 1 saturated heterocycles. The first-order chi connectivity index (χ1) is 9.85. The van der Waals surface area contributed by atoms with E-state index in [9.17, 15) is 0 Å². The Hall–Kier alpha value is -0.910. The van der Waals surface area contributed by atoms with Crippen molar-refractivity contribution in [2.75, 3.05) is 26.2 Å². The van der Waals surface area contributed by atoms with E-state index in [1.807, 2.05) is 0 Å². The standard InChI is InChI=1S/C15H26N4O/c16-10-15-12-18(8-9-20-15)11-13-6-7-19(17-13)14-4-2-1-3-5-14/h6-7,14-15H,1-5,8-12,16H2. The van der Waals surface area contributed by atoms with Gasteiger partial charge in [0.05, 0.1) is 24.4 Å². The van der Waals surface area contributed by atoms with Crippen molar-refractivity contribution >= 4 is 0 Å². The van der Waals surface area contributed by atoms with E-state index in [1.165, 1.54) is 37.8 Å². The molecule has 1 aromatic heterocycles. The quantitative estimate of drug-likeness (QED) is 0.908. The monoisotopic (exact) mass is 278 g/mol. The molecule has 2 aliphatic rings. The highest BCUT2D eigenvalue weighted by molar-refractivity contribution is 5.00. The van der Waals surface area contributed by atoms with Crippen LogP contribution in [0.25, 0.3) is 0 Å². The third-order valence-corrected chi connectivity index (χ3v) is 4.48. The van der Waals surface area contributed by atoms with Crippen LogP contribution in [0.15, 0.2) is 12.3 Å². The summed E-state index contributed by atoms with van der Waals surface area (Å²) in [4.78, 5) is 2.40. The summed E-state index contributed by atoms with van der Waals surface area (Å²) >= 11 is 0. The third kappa shape index (κ3) is 3.40. The average molecular weight is 278 g/mol. The molecule has 0 spiro atoms. The van der Waals surface area contributed by atoms with E-state index >= 15 is 0 Å². The van der Waals surface area contributed by atoms with Crippen LogP contribution >= 0.6 is 0 Å². The summed E-state index contributed by atoms with van der Waals surface area (Å²) in [6.45, 7) is 4.21. The highest BCUT2D eigenvalue weighted by Crippen LogP contribution is 2.27. The van der Waals surface area contributed by atoms with Gasteiger partial charge in [0.15, 0.2) is 0 Å². The van der Waals surface area contributed by atoms with Gasteiger partial charge in [-0.3, -0.25) is 9.58 Å². The molecule has 1 aliphatic carbocycles. The summed E-state index contributed by atoms with van der Waals surface area (Å²) in [7, 11) is 0. The van der Waals surface area contributed by atoms with Crippen molar-refractivity contribution in [1.29, 1.82) is 0 Å². The van der Waals surface area contributed by atoms with Crippen LogP contribution in [0.3, 0.4) is 0 Å². The fourth-order valence-corrected chi connectivity index (χ4v) is 3.31. The molecular formula is C15H26N4O. The highest BCUT2D eigenvalue weighted by atomic mass is 16.5. The summed E-state index contributed by atoms with van der Waals surface area (Å²) in [5.41, 5.74) is 6.86. The van der Waals surface area contributed by atoms with E-state index in [0.29, 0.717) is 12.6 Å². The minimum Gasteiger partial charge on any atom is -0.374 e. The molecule has 0 aromatic carbocycles. The number of rotatable bonds is 4. The van der Waals surface area contributed by atoms with E-state index in [0.717, 1.165) is 26.2 Å². The molecule has 0 amide bonds. The molecule has 1 aliphatic heterocycles. The number of hydrogen-bond donors (Lipinski definition) is 1. The Kier molecular flexibility index (Phi) is 4.70. The second-order valence-electron chi connectivity index (χ2n) is 6.04. The topological polar surface area (TPSA) is 56.3 Å². The molecule has 2 N–H and O–H groups in total. The molecule has 3 rings (SSSR count). The van der Waals surface area contributed by atoms with Crippen molar-refractivity contribution < 1.29 is 4.74 Å². The Bertz CT molecular complexity index is 414. The predicted molar refractivity (Wildman–Crippen MR) is 78.4 cm³/mol. The molecule has 2 fully saturated rings. The van der Waals surface area contributed by atoms with Crippen molar-refractivity contribution in [3.63, 3.8) is 0 Å². The van der Waals surface area contributed by atoms with Gasteiger partial charge < -0.3 is 10.5 Å². The van der Waals surface area contributed by atoms with Gasteiger partial charge in [-0.1, -0.05) is 19.3 Å². The normalized spacial score (nSPS) is 25.9. The molecule has 0 bridgehead atoms. The first-order valence-electron chi connectivity index (χ1n) is 7.93. The van der Waals surface area contributed by atoms with Crippen LogP contribution in [0, 0.1) is 0 Å². The van der Waals surface area contributed by atoms with Crippen molar-refractivity contribution in [3.05, 3.63) is 18.0 Å². The maximum atomic E-state index is 5.69. The number of morpholine rings is 1. The highest BCUT2D eigenvalue weighted by Gasteiger charge is 2.21. The van der Waals surface area contributed by atoms with Crippen molar-refractivity contribution in [3.8, 4) is 0 Å². The first-order valence-corrected chi connectivity index (χ1v) is 7.93. The molecule has 0 radical (unpaired) electrons. The van der Waals surface area contributed by atoms with Gasteiger partial charge in [0, 0.05) is 32.4 Å². The maximum absolute atomic E-state index is 5.69. The third-order valence-electron chi connectivity index (χ3n) is 4.48. The molecule has 1 saturated carbocycles. The van der Waals surface area contributed by atoms with Gasteiger partial charge in [-0.2, -0.15) is 5.10 Å². The van der Waals surface area contributed by atoms with Crippen LogP contribution in [0.1, 0.15) is 43.8 Å². The van der Waals surface area contributed by atoms with E-state index in [2.05, 4.69) is 21.8 Å². The predicted octanol–water partition coefficient (Wildman–Crippen LogP) is 1.55. The summed E-state index contributed by atoms with van der Waals surface area (Å²) in [5.74, 6) is 0. The smallest absolute Gasteiger partial charge is 0.0824 e. The Balaban J connectivity index is 1.56. The molecular weight excluding hydrogens is 252 g/mol. The SMILES string of the molecule is NCC1CN(Cc2ccn(C3CCCCC3)n2)CCO1. The van der Waals surface area contributed by atoms with Gasteiger partial charge in [-0.15, -0.1) is 0 Å². The molecule has 5 nitrogen and oxygen atoms in total. The van der Waals surface area contributed by atoms with Crippen molar-refractivity contribution in [2.24, 2.45) is 5.73 Å². The molecule has 1 unspecified atom stereocenters. The summed E-state index contributed by atoms with van der Waals surface area (Å²) in [6.07, 6.45) is 9.00. The number of nitrogens with two attached hydrogens (primary N) is 1. The largest absolute Gasteiger partial charge is 0.374 e. The van der Waals surface area contributed by atoms with Crippen LogP contribution in [0.2, 0.25) is 0 Å². The Morgan fingerprint density at radius 3 is 2.95 bits per heavy atom. The van der Waals surface area contributed by atoms with Crippen molar-refractivity contribution in [2.45, 2.75) is 50.8 Å². The zero-order chi connectivity index (χ0) is 13.8. The number of hydrogen-bond acceptors (Lipinski definition) is 4. The molecule has 1 aromatic rings. The number of nitrogens with zero attached hydrogens (tertiary/aromatic N) is 3. The van der Waals surface area contributed by atoms with Crippen molar-refractivity contribution in [1.82, 2.24) is 14.7 Å². The van der Waals surface area contributed by atoms with E-state index in [1.54, 1.807) is 0 Å². The second kappa shape index (κ2) is 6.70. The molecule has 20 heavy (non-hydrogen) atoms. The van der Waals surface area contributed by atoms with Gasteiger partial charge in [0.2, 0.25) is 0 Å². The summed E-state index contributed by atoms with van der Waals surface area (Å²) in [6, 6.07) is 2.79. The summed E-state index contributed by atoms with van der Waals surface area (Å²) < 4.78 is 7.79. The van der Waals surface area contributed by atoms with Crippen LogP contribution in [0.5, 0.6) is 0 Å². The van der Waals surface area contributed by atoms with Crippen LogP contribution in [0.4, 0.5) is 0 Å². The fourth-order valence-electron chi connectivity index (χ4n) is 3.31. The lowest BCUT2D eigenvalue weighted by Gasteiger charge is -2.31. The van der Waals surface area contributed by atoms with E-state index < -0.39 is 0 Å². The second-order valence-corrected chi connectivity index (χ2v) is 6.04. The van der Waals surface area contributed by atoms with Gasteiger partial charge in [0.25, 0.3) is 0 Å². The van der Waals surface area contributed by atoms with Gasteiger partial charge >= 0.3 is 0 Å². The Morgan fingerprint density at radius 2 is 2.15 bits per heavy atom. The lowest BCUT2D eigenvalue weighted by molar-refractivity contribution is -0.0264. The zero-order valence-electron chi connectivity index (χ0n) is 12.2. The zero-order valence-corrected chi connectivity index (χ0v) is 12.2. The Morgan fingerprint density at radius 1 is 1.30 bits per heavy atom. The first kappa shape index (κ1) is 14.0. The average Bonchev–Trinajstić information content (AvgIpc) is 2.97. The van der Waals surface area contributed by atoms with E-state index in [-0.39, 0.29) is 6.10 Å². The van der Waals surface area contributed by atoms with Crippen LogP contribution in [-0.4, -0.2) is 47.0 Å². The fraction of sp³-hybridized carbons (Fsp3) is 0.800. The Labute approximate surface area is 121 Å². The minimum atomic E-state index is 0.184. The lowest BCUT2D eigenvalue weighted by Crippen LogP contribution is -2.45. The number of ether oxygens (including phenoxy) is 1. The molecule has 1 atom stereocenters. The van der Waals surface area contributed by atoms with E-state index in [4.69, 9.17) is 15.6 Å². The van der Waals surface area contributed by atoms with Gasteiger partial charge in [-0.05, 0) is 18.9 Å². The minimum absolute atomic E-state index is 0.184. The maximum Gasteiger partial charge on any atom is 0.0824 e. The van der Waals surface area contributed by atoms with Crippen LogP contribution in [-0.2, 0) is 11.3 Å². The van der Waals surface area contributed by atoms with Gasteiger partial charge in [-0.25, -0.2) is 0 Å².